The van der Waals surface area contributed by atoms with Crippen molar-refractivity contribution in [2.75, 3.05) is 16.5 Å². The predicted octanol–water partition coefficient (Wildman–Crippen LogP) is 7.67. The normalized spacial score (nSPS) is 12.6. The first-order chi connectivity index (χ1) is 17.2. The van der Waals surface area contributed by atoms with E-state index in [1.54, 1.807) is 0 Å². The highest BCUT2D eigenvalue weighted by Crippen LogP contribution is 2.45. The highest BCUT2D eigenvalue weighted by atomic mass is 15.4. The summed E-state index contributed by atoms with van der Waals surface area (Å²) in [6, 6.07) is 37.7. The summed E-state index contributed by atoms with van der Waals surface area (Å²) < 4.78 is 0. The molecule has 2 heterocycles. The van der Waals surface area contributed by atoms with Gasteiger partial charge in [-0.2, -0.15) is 0 Å². The van der Waals surface area contributed by atoms with Crippen LogP contribution in [0.2, 0.25) is 0 Å². The van der Waals surface area contributed by atoms with E-state index in [2.05, 4.69) is 121 Å². The fraction of sp³-hybridized carbons (Fsp3) is 0.0968. The third-order valence-corrected chi connectivity index (χ3v) is 6.59. The Morgan fingerprint density at radius 2 is 0.857 bits per heavy atom. The van der Waals surface area contributed by atoms with Crippen molar-refractivity contribution in [3.05, 3.63) is 120 Å². The van der Waals surface area contributed by atoms with Crippen LogP contribution in [0.15, 0.2) is 109 Å². The average molecular weight is 455 g/mol. The zero-order chi connectivity index (χ0) is 23.8. The number of aromatic nitrogens is 2. The van der Waals surface area contributed by atoms with Gasteiger partial charge in [0.25, 0.3) is 0 Å². The van der Waals surface area contributed by atoms with Gasteiger partial charge in [0, 0.05) is 22.5 Å². The second kappa shape index (κ2) is 8.73. The highest BCUT2D eigenvalue weighted by molar-refractivity contribution is 5.89. The number of para-hydroxylation sites is 2. The summed E-state index contributed by atoms with van der Waals surface area (Å²) in [5.41, 5.74) is 8.58. The average Bonchev–Trinajstić information content (AvgIpc) is 3.28. The van der Waals surface area contributed by atoms with Crippen LogP contribution in [0.4, 0.5) is 23.0 Å². The summed E-state index contributed by atoms with van der Waals surface area (Å²) in [4.78, 5) is 15.2. The van der Waals surface area contributed by atoms with Crippen LogP contribution < -0.4 is 9.80 Å². The Morgan fingerprint density at radius 1 is 0.486 bits per heavy atom. The van der Waals surface area contributed by atoms with Crippen molar-refractivity contribution in [3.8, 4) is 22.5 Å². The second-order valence-corrected chi connectivity index (χ2v) is 8.87. The molecule has 0 fully saturated rings. The lowest BCUT2D eigenvalue weighted by atomic mass is 9.98. The van der Waals surface area contributed by atoms with E-state index in [-0.39, 0.29) is 0 Å². The Kier molecular flexibility index (Phi) is 5.27. The van der Waals surface area contributed by atoms with Crippen molar-refractivity contribution in [3.63, 3.8) is 0 Å². The van der Waals surface area contributed by atoms with Crippen molar-refractivity contribution in [1.29, 1.82) is 0 Å². The molecule has 4 aromatic carbocycles. The molecule has 4 nitrogen and oxygen atoms in total. The molecule has 0 radical (unpaired) electrons. The number of hydrogen-bond donors (Lipinski definition) is 0. The van der Waals surface area contributed by atoms with Crippen LogP contribution >= 0.6 is 0 Å². The van der Waals surface area contributed by atoms with E-state index in [9.17, 15) is 0 Å². The topological polar surface area (TPSA) is 32.3 Å². The van der Waals surface area contributed by atoms with Crippen molar-refractivity contribution in [2.45, 2.75) is 13.8 Å². The number of nitrogens with zero attached hydrogens (tertiary/aromatic N) is 4. The van der Waals surface area contributed by atoms with Crippen LogP contribution in [0.3, 0.4) is 0 Å². The second-order valence-electron chi connectivity index (χ2n) is 8.87. The van der Waals surface area contributed by atoms with Gasteiger partial charge < -0.3 is 9.80 Å². The van der Waals surface area contributed by atoms with Gasteiger partial charge >= 0.3 is 0 Å². The molecule has 170 valence electrons. The number of rotatable bonds is 4. The lowest BCUT2D eigenvalue weighted by Gasteiger charge is -2.20. The lowest BCUT2D eigenvalue weighted by Crippen LogP contribution is -2.24. The molecule has 0 saturated heterocycles. The number of anilines is 4. The molecule has 0 saturated carbocycles. The van der Waals surface area contributed by atoms with Crippen molar-refractivity contribution in [2.24, 2.45) is 0 Å². The quantitative estimate of drug-likeness (QED) is 0.279. The Balaban J connectivity index is 1.65. The Labute approximate surface area is 206 Å². The van der Waals surface area contributed by atoms with E-state index in [0.29, 0.717) is 6.67 Å². The summed E-state index contributed by atoms with van der Waals surface area (Å²) in [5.74, 6) is 1.74. The highest BCUT2D eigenvalue weighted by Gasteiger charge is 2.33. The summed E-state index contributed by atoms with van der Waals surface area (Å²) >= 11 is 0. The van der Waals surface area contributed by atoms with E-state index in [1.165, 1.54) is 11.1 Å². The monoisotopic (exact) mass is 454 g/mol. The fourth-order valence-corrected chi connectivity index (χ4v) is 4.73. The van der Waals surface area contributed by atoms with E-state index in [0.717, 1.165) is 45.5 Å². The summed E-state index contributed by atoms with van der Waals surface area (Å²) in [6.07, 6.45) is 0. The molecule has 1 aliphatic rings. The van der Waals surface area contributed by atoms with Gasteiger partial charge in [-0.1, -0.05) is 84.9 Å². The minimum atomic E-state index is 0.647. The largest absolute Gasteiger partial charge is 0.305 e. The standard InChI is InChI=1S/C31H26N4/c1-22-13-9-11-19-26(22)28-29(27-20-12-10-14-23(27)2)33-31-30(32-28)34(24-15-5-3-6-16-24)21-35(31)25-17-7-4-8-18-25/h3-20H,21H2,1-2H3. The zero-order valence-electron chi connectivity index (χ0n) is 19.9. The Morgan fingerprint density at radius 3 is 1.26 bits per heavy atom. The molecule has 4 heteroatoms. The molecule has 1 aliphatic heterocycles. The van der Waals surface area contributed by atoms with Gasteiger partial charge in [-0.3, -0.25) is 0 Å². The third-order valence-electron chi connectivity index (χ3n) is 6.59. The Bertz CT molecular complexity index is 1380. The van der Waals surface area contributed by atoms with Crippen LogP contribution in [-0.4, -0.2) is 16.6 Å². The first kappa shape index (κ1) is 21.1. The maximum Gasteiger partial charge on any atom is 0.179 e. The summed E-state index contributed by atoms with van der Waals surface area (Å²) in [5, 5.41) is 0. The first-order valence-electron chi connectivity index (χ1n) is 11.9. The SMILES string of the molecule is Cc1ccccc1-c1nc2c(nc1-c1ccccc1C)N(c1ccccc1)CN2c1ccccc1. The van der Waals surface area contributed by atoms with E-state index in [4.69, 9.17) is 9.97 Å². The van der Waals surface area contributed by atoms with E-state index >= 15 is 0 Å². The van der Waals surface area contributed by atoms with Crippen LogP contribution in [0.5, 0.6) is 0 Å². The van der Waals surface area contributed by atoms with Gasteiger partial charge in [0.05, 0.1) is 11.4 Å². The van der Waals surface area contributed by atoms with E-state index in [1.807, 2.05) is 12.1 Å². The van der Waals surface area contributed by atoms with Crippen LogP contribution in [0.25, 0.3) is 22.5 Å². The smallest absolute Gasteiger partial charge is 0.179 e. The number of benzene rings is 4. The fourth-order valence-electron chi connectivity index (χ4n) is 4.73. The van der Waals surface area contributed by atoms with Crippen molar-refractivity contribution >= 4 is 23.0 Å². The molecule has 1 aromatic heterocycles. The van der Waals surface area contributed by atoms with E-state index < -0.39 is 0 Å². The third kappa shape index (κ3) is 3.73. The van der Waals surface area contributed by atoms with Gasteiger partial charge in [0.15, 0.2) is 11.6 Å². The van der Waals surface area contributed by atoms with Gasteiger partial charge in [-0.15, -0.1) is 0 Å². The number of fused-ring (bicyclic) bond motifs is 1. The molecule has 0 atom stereocenters. The molecular formula is C31H26N4. The molecule has 0 spiro atoms. The van der Waals surface area contributed by atoms with Crippen LogP contribution in [0, 0.1) is 13.8 Å². The molecule has 0 amide bonds. The zero-order valence-corrected chi connectivity index (χ0v) is 19.9. The molecular weight excluding hydrogens is 428 g/mol. The van der Waals surface area contributed by atoms with Gasteiger partial charge in [0.1, 0.15) is 6.67 Å². The molecule has 0 aliphatic carbocycles. The maximum absolute atomic E-state index is 5.36. The predicted molar refractivity (Wildman–Crippen MR) is 144 cm³/mol. The minimum absolute atomic E-state index is 0.647. The minimum Gasteiger partial charge on any atom is -0.305 e. The first-order valence-corrected chi connectivity index (χ1v) is 11.9. The lowest BCUT2D eigenvalue weighted by molar-refractivity contribution is 0.976. The maximum atomic E-state index is 5.36. The summed E-state index contributed by atoms with van der Waals surface area (Å²) in [7, 11) is 0. The number of aryl methyl sites for hydroxylation is 2. The number of hydrogen-bond acceptors (Lipinski definition) is 4. The molecule has 0 N–H and O–H groups in total. The Hall–Kier alpha value is -4.44. The molecule has 6 rings (SSSR count). The van der Waals surface area contributed by atoms with Crippen molar-refractivity contribution in [1.82, 2.24) is 9.97 Å². The van der Waals surface area contributed by atoms with Crippen LogP contribution in [0.1, 0.15) is 11.1 Å². The van der Waals surface area contributed by atoms with Gasteiger partial charge in [-0.25, -0.2) is 9.97 Å². The molecule has 35 heavy (non-hydrogen) atoms. The van der Waals surface area contributed by atoms with Crippen LogP contribution in [-0.2, 0) is 0 Å². The molecule has 5 aromatic rings. The van der Waals surface area contributed by atoms with Gasteiger partial charge in [-0.05, 0) is 49.2 Å². The van der Waals surface area contributed by atoms with Gasteiger partial charge in [0.2, 0.25) is 0 Å². The molecule has 0 bridgehead atoms. The summed E-state index contributed by atoms with van der Waals surface area (Å²) in [6.45, 7) is 4.92. The molecule has 0 unspecified atom stereocenters. The van der Waals surface area contributed by atoms with Crippen molar-refractivity contribution < 1.29 is 0 Å².